The van der Waals surface area contributed by atoms with Crippen LogP contribution >= 0.6 is 0 Å². The van der Waals surface area contributed by atoms with Gasteiger partial charge in [0.25, 0.3) is 0 Å². The summed E-state index contributed by atoms with van der Waals surface area (Å²) in [5, 5.41) is 0. The van der Waals surface area contributed by atoms with Crippen LogP contribution in [0.4, 0.5) is 0 Å². The van der Waals surface area contributed by atoms with Gasteiger partial charge in [-0.15, -0.1) is 0 Å². The monoisotopic (exact) mass is 402 g/mol. The highest BCUT2D eigenvalue weighted by Crippen LogP contribution is 2.57. The molecule has 0 aromatic heterocycles. The summed E-state index contributed by atoms with van der Waals surface area (Å²) in [6.07, 6.45) is 0.124. The summed E-state index contributed by atoms with van der Waals surface area (Å²) < 4.78 is 6.19. The minimum Gasteiger partial charge on any atom is -0.373 e. The van der Waals surface area contributed by atoms with Gasteiger partial charge >= 0.3 is 0 Å². The van der Waals surface area contributed by atoms with Crippen molar-refractivity contribution >= 4 is 17.3 Å². The predicted octanol–water partition coefficient (Wildman–Crippen LogP) is 4.24. The van der Waals surface area contributed by atoms with Crippen molar-refractivity contribution in [1.82, 2.24) is 0 Å². The first kappa shape index (κ1) is 19.4. The molecule has 2 aromatic rings. The Kier molecular flexibility index (Phi) is 4.33. The third kappa shape index (κ3) is 2.59. The number of Topliss-reactive ketones (excluding diaryl/α,β-unsaturated/α-hetero) is 3. The molecular weight excluding hydrogens is 376 g/mol. The van der Waals surface area contributed by atoms with Crippen molar-refractivity contribution in [3.05, 3.63) is 69.8 Å². The van der Waals surface area contributed by atoms with Gasteiger partial charge in [0.15, 0.2) is 17.3 Å². The number of hydrogen-bond acceptors (Lipinski definition) is 4. The Morgan fingerprint density at radius 2 is 1.60 bits per heavy atom. The average molecular weight is 402 g/mol. The summed E-state index contributed by atoms with van der Waals surface area (Å²) in [4.78, 5) is 39.2. The van der Waals surface area contributed by atoms with Gasteiger partial charge in [-0.3, -0.25) is 14.4 Å². The van der Waals surface area contributed by atoms with Gasteiger partial charge < -0.3 is 4.74 Å². The first-order valence-electron chi connectivity index (χ1n) is 10.7. The molecule has 2 aromatic carbocycles. The first-order valence-corrected chi connectivity index (χ1v) is 10.7. The lowest BCUT2D eigenvalue weighted by Crippen LogP contribution is -2.34. The van der Waals surface area contributed by atoms with Crippen LogP contribution in [0.25, 0.3) is 0 Å². The van der Waals surface area contributed by atoms with Crippen molar-refractivity contribution in [2.75, 3.05) is 0 Å². The Labute approximate surface area is 176 Å². The average Bonchev–Trinajstić information content (AvgIpc) is 3.34. The van der Waals surface area contributed by atoms with Crippen molar-refractivity contribution < 1.29 is 19.1 Å². The molecule has 4 nitrogen and oxygen atoms in total. The maximum Gasteiger partial charge on any atom is 0.160 e. The van der Waals surface area contributed by atoms with E-state index in [1.54, 1.807) is 6.92 Å². The highest BCUT2D eigenvalue weighted by Gasteiger charge is 2.66. The molecule has 1 saturated carbocycles. The molecule has 0 amide bonds. The Morgan fingerprint density at radius 1 is 0.967 bits per heavy atom. The van der Waals surface area contributed by atoms with Gasteiger partial charge in [-0.2, -0.15) is 0 Å². The molecule has 2 bridgehead atoms. The van der Waals surface area contributed by atoms with Gasteiger partial charge in [0.2, 0.25) is 0 Å². The fraction of sp³-hybridized carbons (Fsp3) is 0.423. The molecule has 0 radical (unpaired) electrons. The van der Waals surface area contributed by atoms with E-state index in [0.717, 1.165) is 27.8 Å². The van der Waals surface area contributed by atoms with Crippen LogP contribution in [-0.4, -0.2) is 29.6 Å². The maximum absolute atomic E-state index is 13.6. The molecule has 4 heteroatoms. The number of ketones is 3. The molecule has 3 fully saturated rings. The van der Waals surface area contributed by atoms with Gasteiger partial charge in [-0.25, -0.2) is 0 Å². The SMILES string of the molecule is CC(=O)c1ccccc1[C@@H]1C[C@@H]2O[C@H]1[C@H]1C(=O)C(c3c(C)cc(C)cc3C)C(=O)[C@H]12. The first-order chi connectivity index (χ1) is 14.3. The molecule has 5 rings (SSSR count). The van der Waals surface area contributed by atoms with Crippen LogP contribution in [0.2, 0.25) is 0 Å². The number of carbonyl (C=O) groups is 3. The molecule has 2 saturated heterocycles. The number of fused-ring (bicyclic) bond motifs is 5. The van der Waals surface area contributed by atoms with Crippen LogP contribution in [-0.2, 0) is 14.3 Å². The van der Waals surface area contributed by atoms with E-state index in [-0.39, 0.29) is 41.4 Å². The summed E-state index contributed by atoms with van der Waals surface area (Å²) in [7, 11) is 0. The lowest BCUT2D eigenvalue weighted by molar-refractivity contribution is -0.127. The van der Waals surface area contributed by atoms with Gasteiger partial charge in [0.05, 0.1) is 24.0 Å². The lowest BCUT2D eigenvalue weighted by Gasteiger charge is -2.27. The molecular formula is C26H26O4. The molecule has 2 aliphatic heterocycles. The molecule has 0 spiro atoms. The van der Waals surface area contributed by atoms with E-state index in [1.807, 2.05) is 57.2 Å². The van der Waals surface area contributed by atoms with E-state index in [0.29, 0.717) is 12.0 Å². The van der Waals surface area contributed by atoms with Crippen LogP contribution in [0.15, 0.2) is 36.4 Å². The third-order valence-corrected chi connectivity index (χ3v) is 7.35. The number of carbonyl (C=O) groups excluding carboxylic acids is 3. The number of ether oxygens (including phenoxy) is 1. The van der Waals surface area contributed by atoms with E-state index in [4.69, 9.17) is 4.74 Å². The Morgan fingerprint density at radius 3 is 2.27 bits per heavy atom. The zero-order valence-corrected chi connectivity index (χ0v) is 17.8. The summed E-state index contributed by atoms with van der Waals surface area (Å²) >= 11 is 0. The van der Waals surface area contributed by atoms with Crippen LogP contribution < -0.4 is 0 Å². The van der Waals surface area contributed by atoms with Gasteiger partial charge in [-0.1, -0.05) is 42.0 Å². The van der Waals surface area contributed by atoms with Crippen molar-refractivity contribution in [2.24, 2.45) is 11.8 Å². The zero-order chi connectivity index (χ0) is 21.3. The van der Waals surface area contributed by atoms with E-state index in [1.165, 1.54) is 0 Å². The Bertz CT molecular complexity index is 1070. The fourth-order valence-electron chi connectivity index (χ4n) is 6.34. The standard InChI is InChI=1S/C26H26O4/c1-12-9-13(2)20(14(3)10-12)22-24(28)21-19-11-18(26(30-19)23(21)25(22)29)17-8-6-5-7-16(17)15(4)27/h5-10,18-19,21-23,26H,11H2,1-4H3/t18-,19-,21-,22?,23+,26+/m0/s1. The minimum absolute atomic E-state index is 0.00226. The van der Waals surface area contributed by atoms with Gasteiger partial charge in [0, 0.05) is 11.5 Å². The molecule has 1 unspecified atom stereocenters. The van der Waals surface area contributed by atoms with Crippen molar-refractivity contribution in [3.8, 4) is 0 Å². The second-order valence-electron chi connectivity index (χ2n) is 9.23. The second-order valence-corrected chi connectivity index (χ2v) is 9.23. The number of benzene rings is 2. The smallest absolute Gasteiger partial charge is 0.160 e. The quantitative estimate of drug-likeness (QED) is 0.569. The predicted molar refractivity (Wildman–Crippen MR) is 113 cm³/mol. The molecule has 1 aliphatic carbocycles. The second kappa shape index (κ2) is 6.71. The van der Waals surface area contributed by atoms with Crippen LogP contribution in [0.3, 0.4) is 0 Å². The highest BCUT2D eigenvalue weighted by molar-refractivity contribution is 6.17. The summed E-state index contributed by atoms with van der Waals surface area (Å²) in [5.74, 6) is -1.44. The van der Waals surface area contributed by atoms with E-state index in [2.05, 4.69) is 0 Å². The van der Waals surface area contributed by atoms with Crippen LogP contribution in [0, 0.1) is 32.6 Å². The molecule has 2 heterocycles. The van der Waals surface area contributed by atoms with Gasteiger partial charge in [-0.05, 0) is 56.4 Å². The van der Waals surface area contributed by atoms with Crippen molar-refractivity contribution in [1.29, 1.82) is 0 Å². The Balaban J connectivity index is 1.54. The summed E-state index contributed by atoms with van der Waals surface area (Å²) in [6, 6.07) is 11.7. The lowest BCUT2D eigenvalue weighted by atomic mass is 9.72. The molecule has 154 valence electrons. The molecule has 0 N–H and O–H groups in total. The highest BCUT2D eigenvalue weighted by atomic mass is 16.5. The minimum atomic E-state index is -0.684. The number of rotatable bonds is 3. The Hall–Kier alpha value is -2.59. The normalized spacial score (nSPS) is 32.0. The largest absolute Gasteiger partial charge is 0.373 e. The van der Waals surface area contributed by atoms with Crippen molar-refractivity contribution in [3.63, 3.8) is 0 Å². The maximum atomic E-state index is 13.6. The number of hydrogen-bond donors (Lipinski definition) is 0. The fourth-order valence-corrected chi connectivity index (χ4v) is 6.34. The number of aryl methyl sites for hydroxylation is 3. The van der Waals surface area contributed by atoms with E-state index < -0.39 is 11.8 Å². The zero-order valence-electron chi connectivity index (χ0n) is 17.8. The topological polar surface area (TPSA) is 60.4 Å². The van der Waals surface area contributed by atoms with E-state index in [9.17, 15) is 14.4 Å². The molecule has 30 heavy (non-hydrogen) atoms. The van der Waals surface area contributed by atoms with Crippen LogP contribution in [0.5, 0.6) is 0 Å². The van der Waals surface area contributed by atoms with Crippen LogP contribution in [0.1, 0.15) is 63.4 Å². The summed E-state index contributed by atoms with van der Waals surface area (Å²) in [5.41, 5.74) is 5.66. The van der Waals surface area contributed by atoms with E-state index >= 15 is 0 Å². The molecule has 3 aliphatic rings. The molecule has 6 atom stereocenters. The summed E-state index contributed by atoms with van der Waals surface area (Å²) in [6.45, 7) is 7.57. The van der Waals surface area contributed by atoms with Crippen molar-refractivity contribution in [2.45, 2.75) is 58.2 Å². The van der Waals surface area contributed by atoms with Gasteiger partial charge in [0.1, 0.15) is 5.92 Å². The third-order valence-electron chi connectivity index (χ3n) is 7.35.